The molecule has 0 unspecified atom stereocenters. The van der Waals surface area contributed by atoms with Crippen LogP contribution in [0.25, 0.3) is 0 Å². The Balaban J connectivity index is 2.39. The monoisotopic (exact) mass is 213 g/mol. The first-order valence-corrected chi connectivity index (χ1v) is 6.44. The average molecular weight is 213 g/mol. The van der Waals surface area contributed by atoms with Crippen LogP contribution in [0.3, 0.4) is 0 Å². The van der Waals surface area contributed by atoms with E-state index in [9.17, 15) is 0 Å². The van der Waals surface area contributed by atoms with Crippen molar-refractivity contribution in [2.45, 2.75) is 71.0 Å². The smallest absolute Gasteiger partial charge is 0.0702 e. The molecule has 0 spiro atoms. The summed E-state index contributed by atoms with van der Waals surface area (Å²) >= 11 is 0. The van der Waals surface area contributed by atoms with Crippen LogP contribution in [-0.2, 0) is 4.74 Å². The molecular weight excluding hydrogens is 186 g/mol. The van der Waals surface area contributed by atoms with E-state index in [2.05, 4.69) is 33.0 Å². The van der Waals surface area contributed by atoms with Gasteiger partial charge >= 0.3 is 0 Å². The maximum Gasteiger partial charge on any atom is 0.0702 e. The first kappa shape index (κ1) is 13.0. The Morgan fingerprint density at radius 1 is 1.27 bits per heavy atom. The molecule has 15 heavy (non-hydrogen) atoms. The van der Waals surface area contributed by atoms with Crippen molar-refractivity contribution in [3.8, 4) is 0 Å². The highest BCUT2D eigenvalue weighted by atomic mass is 16.5. The predicted octanol–water partition coefficient (Wildman–Crippen LogP) is 3.11. The molecule has 90 valence electrons. The van der Waals surface area contributed by atoms with Crippen LogP contribution in [0.2, 0.25) is 0 Å². The molecule has 0 aliphatic heterocycles. The van der Waals surface area contributed by atoms with E-state index in [4.69, 9.17) is 4.74 Å². The minimum atomic E-state index is 0.0482. The second-order valence-electron chi connectivity index (χ2n) is 5.36. The van der Waals surface area contributed by atoms with Gasteiger partial charge in [-0.15, -0.1) is 0 Å². The molecule has 0 heterocycles. The van der Waals surface area contributed by atoms with Gasteiger partial charge in [-0.3, -0.25) is 0 Å². The van der Waals surface area contributed by atoms with Crippen molar-refractivity contribution >= 4 is 0 Å². The summed E-state index contributed by atoms with van der Waals surface area (Å²) in [6, 6.07) is 0. The molecule has 1 fully saturated rings. The summed E-state index contributed by atoms with van der Waals surface area (Å²) in [6.07, 6.45) is 6.11. The van der Waals surface area contributed by atoms with E-state index in [-0.39, 0.29) is 11.2 Å². The lowest BCUT2D eigenvalue weighted by molar-refractivity contribution is -0.181. The Bertz CT molecular complexity index is 185. The summed E-state index contributed by atoms with van der Waals surface area (Å²) in [5, 5.41) is 3.40. The first-order chi connectivity index (χ1) is 7.04. The predicted molar refractivity (Wildman–Crippen MR) is 65.2 cm³/mol. The van der Waals surface area contributed by atoms with E-state index in [1.54, 1.807) is 0 Å². The van der Waals surface area contributed by atoms with Gasteiger partial charge in [-0.1, -0.05) is 13.8 Å². The zero-order valence-corrected chi connectivity index (χ0v) is 10.9. The van der Waals surface area contributed by atoms with Crippen LogP contribution in [0.1, 0.15) is 59.8 Å². The van der Waals surface area contributed by atoms with Gasteiger partial charge in [0.05, 0.1) is 11.2 Å². The van der Waals surface area contributed by atoms with E-state index in [0.717, 1.165) is 19.5 Å². The fourth-order valence-corrected chi connectivity index (χ4v) is 2.13. The van der Waals surface area contributed by atoms with Crippen molar-refractivity contribution in [3.63, 3.8) is 0 Å². The average Bonchev–Trinajstić information content (AvgIpc) is 2.14. The quantitative estimate of drug-likeness (QED) is 0.656. The fraction of sp³-hybridized carbons (Fsp3) is 1.00. The maximum absolute atomic E-state index is 6.32. The summed E-state index contributed by atoms with van der Waals surface area (Å²) in [5.74, 6) is 0. The van der Waals surface area contributed by atoms with E-state index in [1.165, 1.54) is 25.7 Å². The molecule has 1 aliphatic rings. The molecule has 0 radical (unpaired) electrons. The molecule has 1 rings (SSSR count). The van der Waals surface area contributed by atoms with Crippen LogP contribution in [0.4, 0.5) is 0 Å². The summed E-state index contributed by atoms with van der Waals surface area (Å²) in [5.41, 5.74) is 0.244. The number of ether oxygens (including phenoxy) is 1. The topological polar surface area (TPSA) is 21.3 Å². The zero-order chi connectivity index (χ0) is 11.4. The molecule has 1 saturated carbocycles. The summed E-state index contributed by atoms with van der Waals surface area (Å²) in [6.45, 7) is 10.9. The van der Waals surface area contributed by atoms with Crippen LogP contribution < -0.4 is 5.32 Å². The van der Waals surface area contributed by atoms with Gasteiger partial charge in [0.25, 0.3) is 0 Å². The highest BCUT2D eigenvalue weighted by molar-refractivity contribution is 4.92. The normalized spacial score (nSPS) is 20.0. The number of rotatable bonds is 7. The minimum Gasteiger partial charge on any atom is -0.369 e. The number of nitrogens with one attached hydrogen (secondary N) is 1. The maximum atomic E-state index is 6.32. The SMILES string of the molecule is CCNCCC1(OC(C)(C)CC)CCC1. The molecule has 0 saturated heterocycles. The van der Waals surface area contributed by atoms with Crippen molar-refractivity contribution in [1.82, 2.24) is 5.32 Å². The molecule has 0 aromatic heterocycles. The highest BCUT2D eigenvalue weighted by Gasteiger charge is 2.41. The number of hydrogen-bond donors (Lipinski definition) is 1. The Morgan fingerprint density at radius 2 is 1.93 bits per heavy atom. The fourth-order valence-electron chi connectivity index (χ4n) is 2.13. The van der Waals surface area contributed by atoms with E-state index < -0.39 is 0 Å². The lowest BCUT2D eigenvalue weighted by Gasteiger charge is -2.47. The van der Waals surface area contributed by atoms with Crippen molar-refractivity contribution in [2.75, 3.05) is 13.1 Å². The molecule has 0 aromatic carbocycles. The number of hydrogen-bond acceptors (Lipinski definition) is 2. The molecule has 2 heteroatoms. The van der Waals surface area contributed by atoms with Gasteiger partial charge in [-0.25, -0.2) is 0 Å². The third-order valence-corrected chi connectivity index (χ3v) is 3.62. The molecule has 0 bridgehead atoms. The molecular formula is C13H27NO. The largest absolute Gasteiger partial charge is 0.369 e. The Kier molecular flexibility index (Phi) is 4.60. The lowest BCUT2D eigenvalue weighted by atomic mass is 9.76. The van der Waals surface area contributed by atoms with Gasteiger partial charge in [0.1, 0.15) is 0 Å². The Morgan fingerprint density at radius 3 is 2.33 bits per heavy atom. The highest BCUT2D eigenvalue weighted by Crippen LogP contribution is 2.41. The minimum absolute atomic E-state index is 0.0482. The lowest BCUT2D eigenvalue weighted by Crippen LogP contribution is -2.48. The van der Waals surface area contributed by atoms with Gasteiger partial charge < -0.3 is 10.1 Å². The molecule has 1 N–H and O–H groups in total. The van der Waals surface area contributed by atoms with Gasteiger partial charge in [-0.05, 0) is 59.0 Å². The summed E-state index contributed by atoms with van der Waals surface area (Å²) < 4.78 is 6.32. The zero-order valence-electron chi connectivity index (χ0n) is 10.9. The van der Waals surface area contributed by atoms with Gasteiger partial charge in [-0.2, -0.15) is 0 Å². The molecule has 0 atom stereocenters. The van der Waals surface area contributed by atoms with E-state index >= 15 is 0 Å². The Labute approximate surface area is 94.8 Å². The van der Waals surface area contributed by atoms with E-state index in [1.807, 2.05) is 0 Å². The molecule has 0 amide bonds. The van der Waals surface area contributed by atoms with Gasteiger partial charge in [0.2, 0.25) is 0 Å². The van der Waals surface area contributed by atoms with Crippen molar-refractivity contribution < 1.29 is 4.74 Å². The Hall–Kier alpha value is -0.0800. The third kappa shape index (κ3) is 3.76. The standard InChI is InChI=1S/C13H27NO/c1-5-12(3,4)15-13(8-7-9-13)10-11-14-6-2/h14H,5-11H2,1-4H3. The molecule has 2 nitrogen and oxygen atoms in total. The van der Waals surface area contributed by atoms with Gasteiger partial charge in [0, 0.05) is 0 Å². The molecule has 1 aliphatic carbocycles. The van der Waals surface area contributed by atoms with Crippen molar-refractivity contribution in [2.24, 2.45) is 0 Å². The summed E-state index contributed by atoms with van der Waals surface area (Å²) in [4.78, 5) is 0. The van der Waals surface area contributed by atoms with Crippen LogP contribution in [0.5, 0.6) is 0 Å². The first-order valence-electron chi connectivity index (χ1n) is 6.44. The van der Waals surface area contributed by atoms with Crippen LogP contribution in [0, 0.1) is 0 Å². The van der Waals surface area contributed by atoms with Crippen LogP contribution in [0.15, 0.2) is 0 Å². The van der Waals surface area contributed by atoms with Crippen molar-refractivity contribution in [3.05, 3.63) is 0 Å². The molecule has 0 aromatic rings. The second-order valence-corrected chi connectivity index (χ2v) is 5.36. The van der Waals surface area contributed by atoms with Crippen LogP contribution in [-0.4, -0.2) is 24.3 Å². The van der Waals surface area contributed by atoms with Gasteiger partial charge in [0.15, 0.2) is 0 Å². The third-order valence-electron chi connectivity index (χ3n) is 3.62. The van der Waals surface area contributed by atoms with Crippen LogP contribution >= 0.6 is 0 Å². The summed E-state index contributed by atoms with van der Waals surface area (Å²) in [7, 11) is 0. The second kappa shape index (κ2) is 5.31. The van der Waals surface area contributed by atoms with E-state index in [0.29, 0.717) is 0 Å². The van der Waals surface area contributed by atoms with Crippen molar-refractivity contribution in [1.29, 1.82) is 0 Å².